The molecule has 1 amide bonds. The molecule has 0 atom stereocenters. The monoisotopic (exact) mass is 241 g/mol. The highest BCUT2D eigenvalue weighted by Crippen LogP contribution is 2.02. The fraction of sp³-hybridized carbons (Fsp3) is 0.545. The Bertz CT molecular complexity index is 327. The molecule has 0 fully saturated rings. The number of carbonyl (C=O) groups excluding carboxylic acids is 1. The van der Waals surface area contributed by atoms with E-state index in [1.165, 1.54) is 12.8 Å². The number of nitrogens with one attached hydrogen (secondary N) is 1. The van der Waals surface area contributed by atoms with E-state index in [0.717, 1.165) is 12.8 Å². The van der Waals surface area contributed by atoms with Crippen molar-refractivity contribution < 1.29 is 4.79 Å². The molecule has 1 heterocycles. The van der Waals surface area contributed by atoms with Gasteiger partial charge in [-0.15, -0.1) is 10.2 Å². The second kappa shape index (κ2) is 7.17. The maximum atomic E-state index is 11.5. The third-order valence-electron chi connectivity index (χ3n) is 2.18. The van der Waals surface area contributed by atoms with Crippen LogP contribution in [0.2, 0.25) is 5.15 Å². The Morgan fingerprint density at radius 1 is 1.31 bits per heavy atom. The van der Waals surface area contributed by atoms with Gasteiger partial charge in [-0.05, 0) is 18.6 Å². The van der Waals surface area contributed by atoms with Gasteiger partial charge in [0.1, 0.15) is 0 Å². The van der Waals surface area contributed by atoms with Gasteiger partial charge in [-0.3, -0.25) is 4.79 Å². The summed E-state index contributed by atoms with van der Waals surface area (Å²) in [7, 11) is 0. The Morgan fingerprint density at radius 3 is 2.75 bits per heavy atom. The molecule has 88 valence electrons. The van der Waals surface area contributed by atoms with Crippen LogP contribution in [-0.4, -0.2) is 22.6 Å². The van der Waals surface area contributed by atoms with Crippen molar-refractivity contribution in [3.63, 3.8) is 0 Å². The van der Waals surface area contributed by atoms with E-state index in [4.69, 9.17) is 11.6 Å². The van der Waals surface area contributed by atoms with E-state index in [1.54, 1.807) is 12.1 Å². The molecule has 0 radical (unpaired) electrons. The second-order valence-corrected chi connectivity index (χ2v) is 3.95. The zero-order chi connectivity index (χ0) is 11.8. The summed E-state index contributed by atoms with van der Waals surface area (Å²) in [6, 6.07) is 3.12. The lowest BCUT2D eigenvalue weighted by atomic mass is 10.2. The maximum absolute atomic E-state index is 11.5. The van der Waals surface area contributed by atoms with Crippen molar-refractivity contribution >= 4 is 17.5 Å². The normalized spacial score (nSPS) is 10.1. The molecule has 0 aromatic carbocycles. The summed E-state index contributed by atoms with van der Waals surface area (Å²) in [5, 5.41) is 10.4. The number of aromatic nitrogens is 2. The number of halogens is 1. The van der Waals surface area contributed by atoms with Gasteiger partial charge >= 0.3 is 0 Å². The minimum Gasteiger partial charge on any atom is -0.351 e. The highest BCUT2D eigenvalue weighted by atomic mass is 35.5. The van der Waals surface area contributed by atoms with E-state index in [0.29, 0.717) is 17.4 Å². The van der Waals surface area contributed by atoms with Crippen molar-refractivity contribution in [1.29, 1.82) is 0 Å². The molecule has 0 bridgehead atoms. The Labute approximate surface area is 100 Å². The van der Waals surface area contributed by atoms with Crippen molar-refractivity contribution in [3.05, 3.63) is 23.0 Å². The Kier molecular flexibility index (Phi) is 5.78. The minimum atomic E-state index is -0.194. The van der Waals surface area contributed by atoms with Crippen LogP contribution in [0.3, 0.4) is 0 Å². The number of hydrogen-bond acceptors (Lipinski definition) is 3. The van der Waals surface area contributed by atoms with Gasteiger partial charge in [0, 0.05) is 6.54 Å². The van der Waals surface area contributed by atoms with E-state index >= 15 is 0 Å². The summed E-state index contributed by atoms with van der Waals surface area (Å²) in [5.41, 5.74) is 0.305. The largest absolute Gasteiger partial charge is 0.351 e. The summed E-state index contributed by atoms with van der Waals surface area (Å²) < 4.78 is 0. The molecule has 1 aromatic rings. The zero-order valence-corrected chi connectivity index (χ0v) is 10.1. The predicted octanol–water partition coefficient (Wildman–Crippen LogP) is 2.44. The van der Waals surface area contributed by atoms with Gasteiger partial charge in [0.25, 0.3) is 5.91 Å². The van der Waals surface area contributed by atoms with Crippen LogP contribution in [0.1, 0.15) is 43.1 Å². The van der Waals surface area contributed by atoms with E-state index in [9.17, 15) is 4.79 Å². The van der Waals surface area contributed by atoms with Gasteiger partial charge in [-0.25, -0.2) is 0 Å². The minimum absolute atomic E-state index is 0.194. The Hall–Kier alpha value is -1.16. The highest BCUT2D eigenvalue weighted by molar-refractivity contribution is 6.29. The van der Waals surface area contributed by atoms with Crippen LogP contribution in [0.5, 0.6) is 0 Å². The van der Waals surface area contributed by atoms with Gasteiger partial charge in [-0.2, -0.15) is 0 Å². The lowest BCUT2D eigenvalue weighted by Gasteiger charge is -2.03. The molecule has 4 nitrogen and oxygen atoms in total. The number of nitrogens with zero attached hydrogens (tertiary/aromatic N) is 2. The first kappa shape index (κ1) is 12.9. The zero-order valence-electron chi connectivity index (χ0n) is 9.37. The van der Waals surface area contributed by atoms with Crippen LogP contribution in [0.25, 0.3) is 0 Å². The number of unbranched alkanes of at least 4 members (excludes halogenated alkanes) is 3. The van der Waals surface area contributed by atoms with E-state index in [1.807, 2.05) is 0 Å². The van der Waals surface area contributed by atoms with Crippen molar-refractivity contribution in [2.24, 2.45) is 0 Å². The van der Waals surface area contributed by atoms with Crippen LogP contribution in [-0.2, 0) is 0 Å². The maximum Gasteiger partial charge on any atom is 0.271 e. The van der Waals surface area contributed by atoms with Gasteiger partial charge in [-0.1, -0.05) is 37.8 Å². The topological polar surface area (TPSA) is 54.9 Å². The van der Waals surface area contributed by atoms with Crippen LogP contribution >= 0.6 is 11.6 Å². The van der Waals surface area contributed by atoms with Crippen LogP contribution in [0.4, 0.5) is 0 Å². The molecule has 0 saturated carbocycles. The third-order valence-corrected chi connectivity index (χ3v) is 2.38. The van der Waals surface area contributed by atoms with Crippen molar-refractivity contribution in [2.75, 3.05) is 6.54 Å². The smallest absolute Gasteiger partial charge is 0.271 e. The highest BCUT2D eigenvalue weighted by Gasteiger charge is 2.06. The SMILES string of the molecule is CCCCCCNC(=O)c1ccc(Cl)nn1. The van der Waals surface area contributed by atoms with Crippen molar-refractivity contribution in [1.82, 2.24) is 15.5 Å². The van der Waals surface area contributed by atoms with Crippen molar-refractivity contribution in [2.45, 2.75) is 32.6 Å². The van der Waals surface area contributed by atoms with Gasteiger partial charge in [0.15, 0.2) is 10.8 Å². The Balaban J connectivity index is 2.27. The van der Waals surface area contributed by atoms with Crippen LogP contribution in [0, 0.1) is 0 Å². The fourth-order valence-corrected chi connectivity index (χ4v) is 1.38. The molecular formula is C11H16ClN3O. The lowest BCUT2D eigenvalue weighted by Crippen LogP contribution is -2.25. The summed E-state index contributed by atoms with van der Waals surface area (Å²) in [6.45, 7) is 2.84. The summed E-state index contributed by atoms with van der Waals surface area (Å²) >= 11 is 5.57. The van der Waals surface area contributed by atoms with Crippen LogP contribution in [0.15, 0.2) is 12.1 Å². The number of amides is 1. The fourth-order valence-electron chi connectivity index (χ4n) is 1.28. The molecule has 0 aliphatic carbocycles. The van der Waals surface area contributed by atoms with E-state index in [-0.39, 0.29) is 5.91 Å². The molecule has 1 aromatic heterocycles. The molecular weight excluding hydrogens is 226 g/mol. The second-order valence-electron chi connectivity index (χ2n) is 3.56. The number of carbonyl (C=O) groups is 1. The summed E-state index contributed by atoms with van der Waals surface area (Å²) in [6.07, 6.45) is 4.54. The molecule has 0 aliphatic rings. The van der Waals surface area contributed by atoms with E-state index < -0.39 is 0 Å². The molecule has 1 rings (SSSR count). The standard InChI is InChI=1S/C11H16ClN3O/c1-2-3-4-5-8-13-11(16)9-6-7-10(12)15-14-9/h6-7H,2-5,8H2,1H3,(H,13,16). The molecule has 16 heavy (non-hydrogen) atoms. The lowest BCUT2D eigenvalue weighted by molar-refractivity contribution is 0.0947. The summed E-state index contributed by atoms with van der Waals surface area (Å²) in [4.78, 5) is 11.5. The van der Waals surface area contributed by atoms with Gasteiger partial charge in [0.05, 0.1) is 0 Å². The first-order valence-corrected chi connectivity index (χ1v) is 5.89. The number of hydrogen-bond donors (Lipinski definition) is 1. The Morgan fingerprint density at radius 2 is 2.12 bits per heavy atom. The van der Waals surface area contributed by atoms with Gasteiger partial charge < -0.3 is 5.32 Å². The number of rotatable bonds is 6. The van der Waals surface area contributed by atoms with Crippen LogP contribution < -0.4 is 5.32 Å². The van der Waals surface area contributed by atoms with E-state index in [2.05, 4.69) is 22.4 Å². The summed E-state index contributed by atoms with van der Waals surface area (Å²) in [5.74, 6) is -0.194. The third kappa shape index (κ3) is 4.57. The molecule has 1 N–H and O–H groups in total. The molecule has 0 saturated heterocycles. The quantitative estimate of drug-likeness (QED) is 0.779. The average molecular weight is 242 g/mol. The predicted molar refractivity (Wildman–Crippen MR) is 63.5 cm³/mol. The van der Waals surface area contributed by atoms with Crippen molar-refractivity contribution in [3.8, 4) is 0 Å². The molecule has 0 unspecified atom stereocenters. The first-order chi connectivity index (χ1) is 7.74. The molecule has 5 heteroatoms. The average Bonchev–Trinajstić information content (AvgIpc) is 2.29. The molecule has 0 spiro atoms. The van der Waals surface area contributed by atoms with Gasteiger partial charge in [0.2, 0.25) is 0 Å². The molecule has 0 aliphatic heterocycles. The first-order valence-electron chi connectivity index (χ1n) is 5.51.